The zero-order valence-electron chi connectivity index (χ0n) is 11.7. The highest BCUT2D eigenvalue weighted by molar-refractivity contribution is 5.93. The summed E-state index contributed by atoms with van der Waals surface area (Å²) in [4.78, 5) is 16.2. The standard InChI is InChI=1S/C15H19N3O2/c1-20-10-15(19)16-11-6-7-13-12(9-11)17-14-5-3-2-4-8-18(13)14/h6-7,9H,2-5,8,10H2,1H3,(H,16,19). The van der Waals surface area contributed by atoms with Crippen LogP contribution in [-0.4, -0.2) is 29.2 Å². The molecule has 2 heterocycles. The Hall–Kier alpha value is -1.88. The number of carbonyl (C=O) groups excluding carboxylic acids is 1. The number of hydrogen-bond donors (Lipinski definition) is 1. The number of ether oxygens (including phenoxy) is 1. The van der Waals surface area contributed by atoms with Crippen molar-refractivity contribution in [3.63, 3.8) is 0 Å². The fourth-order valence-electron chi connectivity index (χ4n) is 2.76. The SMILES string of the molecule is COCC(=O)Nc1ccc2c(c1)nc1n2CCCCC1. The van der Waals surface area contributed by atoms with E-state index in [2.05, 4.69) is 9.88 Å². The van der Waals surface area contributed by atoms with Gasteiger partial charge in [-0.3, -0.25) is 4.79 Å². The van der Waals surface area contributed by atoms with Gasteiger partial charge in [0.2, 0.25) is 5.91 Å². The highest BCUT2D eigenvalue weighted by atomic mass is 16.5. The van der Waals surface area contributed by atoms with Crippen LogP contribution in [0.3, 0.4) is 0 Å². The number of aromatic nitrogens is 2. The first-order valence-electron chi connectivity index (χ1n) is 7.06. The molecule has 0 saturated carbocycles. The molecule has 0 spiro atoms. The summed E-state index contributed by atoms with van der Waals surface area (Å²) in [6.07, 6.45) is 4.74. The van der Waals surface area contributed by atoms with Crippen LogP contribution in [0.1, 0.15) is 25.1 Å². The quantitative estimate of drug-likeness (QED) is 0.934. The van der Waals surface area contributed by atoms with Gasteiger partial charge in [0, 0.05) is 25.8 Å². The van der Waals surface area contributed by atoms with Gasteiger partial charge in [0.05, 0.1) is 11.0 Å². The van der Waals surface area contributed by atoms with Crippen LogP contribution in [0, 0.1) is 0 Å². The predicted molar refractivity (Wildman–Crippen MR) is 77.8 cm³/mol. The molecule has 0 bridgehead atoms. The summed E-state index contributed by atoms with van der Waals surface area (Å²) in [6, 6.07) is 5.90. The minimum absolute atomic E-state index is 0.0672. The number of nitrogens with one attached hydrogen (secondary N) is 1. The lowest BCUT2D eigenvalue weighted by Crippen LogP contribution is -2.16. The van der Waals surface area contributed by atoms with Crippen molar-refractivity contribution in [3.8, 4) is 0 Å². The molecule has 20 heavy (non-hydrogen) atoms. The molecular formula is C15H19N3O2. The van der Waals surface area contributed by atoms with Crippen molar-refractivity contribution in [1.29, 1.82) is 0 Å². The van der Waals surface area contributed by atoms with E-state index in [-0.39, 0.29) is 12.5 Å². The van der Waals surface area contributed by atoms with Gasteiger partial charge < -0.3 is 14.6 Å². The maximum Gasteiger partial charge on any atom is 0.250 e. The van der Waals surface area contributed by atoms with Gasteiger partial charge in [0.25, 0.3) is 0 Å². The summed E-state index contributed by atoms with van der Waals surface area (Å²) >= 11 is 0. The highest BCUT2D eigenvalue weighted by Gasteiger charge is 2.14. The minimum Gasteiger partial charge on any atom is -0.375 e. The van der Waals surface area contributed by atoms with E-state index in [4.69, 9.17) is 9.72 Å². The van der Waals surface area contributed by atoms with Crippen LogP contribution >= 0.6 is 0 Å². The number of fused-ring (bicyclic) bond motifs is 3. The average Bonchev–Trinajstić information content (AvgIpc) is 2.60. The van der Waals surface area contributed by atoms with Gasteiger partial charge in [-0.15, -0.1) is 0 Å². The topological polar surface area (TPSA) is 56.1 Å². The molecule has 1 N–H and O–H groups in total. The number of nitrogens with zero attached hydrogens (tertiary/aromatic N) is 2. The lowest BCUT2D eigenvalue weighted by molar-refractivity contribution is -0.119. The molecule has 3 rings (SSSR count). The first-order valence-corrected chi connectivity index (χ1v) is 7.06. The average molecular weight is 273 g/mol. The number of rotatable bonds is 3. The Balaban J connectivity index is 1.90. The largest absolute Gasteiger partial charge is 0.375 e. The van der Waals surface area contributed by atoms with Gasteiger partial charge in [-0.1, -0.05) is 6.42 Å². The van der Waals surface area contributed by atoms with Crippen molar-refractivity contribution in [3.05, 3.63) is 24.0 Å². The molecule has 0 fully saturated rings. The van der Waals surface area contributed by atoms with Gasteiger partial charge in [-0.2, -0.15) is 0 Å². The fourth-order valence-corrected chi connectivity index (χ4v) is 2.76. The van der Waals surface area contributed by atoms with Crippen LogP contribution in [0.15, 0.2) is 18.2 Å². The van der Waals surface area contributed by atoms with Crippen LogP contribution < -0.4 is 5.32 Å². The Morgan fingerprint density at radius 3 is 3.15 bits per heavy atom. The van der Waals surface area contributed by atoms with Crippen molar-refractivity contribution in [2.24, 2.45) is 0 Å². The molecule has 106 valence electrons. The molecule has 1 aromatic carbocycles. The van der Waals surface area contributed by atoms with Crippen molar-refractivity contribution in [1.82, 2.24) is 9.55 Å². The van der Waals surface area contributed by atoms with E-state index in [1.807, 2.05) is 18.2 Å². The van der Waals surface area contributed by atoms with Gasteiger partial charge in [-0.05, 0) is 31.0 Å². The van der Waals surface area contributed by atoms with Gasteiger partial charge in [0.15, 0.2) is 0 Å². The zero-order chi connectivity index (χ0) is 13.9. The number of anilines is 1. The Bertz CT molecular complexity index is 633. The second kappa shape index (κ2) is 5.63. The molecule has 0 aliphatic carbocycles. The number of hydrogen-bond acceptors (Lipinski definition) is 3. The maximum atomic E-state index is 11.5. The van der Waals surface area contributed by atoms with E-state index in [0.717, 1.165) is 35.5 Å². The lowest BCUT2D eigenvalue weighted by atomic mass is 10.2. The first kappa shape index (κ1) is 13.1. The first-order chi connectivity index (χ1) is 9.78. The van der Waals surface area contributed by atoms with Gasteiger partial charge >= 0.3 is 0 Å². The second-order valence-corrected chi connectivity index (χ2v) is 5.18. The lowest BCUT2D eigenvalue weighted by Gasteiger charge is -2.06. The predicted octanol–water partition coefficient (Wildman–Crippen LogP) is 2.35. The van der Waals surface area contributed by atoms with Gasteiger partial charge in [0.1, 0.15) is 12.4 Å². The molecule has 5 nitrogen and oxygen atoms in total. The zero-order valence-corrected chi connectivity index (χ0v) is 11.7. The number of carbonyl (C=O) groups is 1. The van der Waals surface area contributed by atoms with E-state index >= 15 is 0 Å². The van der Waals surface area contributed by atoms with E-state index in [9.17, 15) is 4.79 Å². The van der Waals surface area contributed by atoms with Crippen LogP contribution in [-0.2, 0) is 22.5 Å². The summed E-state index contributed by atoms with van der Waals surface area (Å²) in [5.74, 6) is 1.02. The maximum absolute atomic E-state index is 11.5. The summed E-state index contributed by atoms with van der Waals surface area (Å²) in [7, 11) is 1.51. The van der Waals surface area contributed by atoms with Crippen LogP contribution in [0.25, 0.3) is 11.0 Å². The molecular weight excluding hydrogens is 254 g/mol. The third-order valence-electron chi connectivity index (χ3n) is 3.67. The van der Waals surface area contributed by atoms with Crippen LogP contribution in [0.4, 0.5) is 5.69 Å². The number of amides is 1. The van der Waals surface area contributed by atoms with Crippen molar-refractivity contribution >= 4 is 22.6 Å². The Morgan fingerprint density at radius 2 is 2.30 bits per heavy atom. The monoisotopic (exact) mass is 273 g/mol. The molecule has 0 saturated heterocycles. The Morgan fingerprint density at radius 1 is 1.40 bits per heavy atom. The van der Waals surface area contributed by atoms with Crippen molar-refractivity contribution in [2.75, 3.05) is 19.0 Å². The molecule has 0 atom stereocenters. The molecule has 1 aliphatic heterocycles. The Kier molecular flexibility index (Phi) is 3.69. The third-order valence-corrected chi connectivity index (χ3v) is 3.67. The fraction of sp³-hybridized carbons (Fsp3) is 0.467. The summed E-state index contributed by atoms with van der Waals surface area (Å²) < 4.78 is 7.12. The van der Waals surface area contributed by atoms with Crippen molar-refractivity contribution < 1.29 is 9.53 Å². The molecule has 1 aliphatic rings. The third kappa shape index (κ3) is 2.54. The van der Waals surface area contributed by atoms with E-state index in [1.165, 1.54) is 26.4 Å². The van der Waals surface area contributed by atoms with E-state index in [1.54, 1.807) is 0 Å². The van der Waals surface area contributed by atoms with Gasteiger partial charge in [-0.25, -0.2) is 4.98 Å². The molecule has 1 amide bonds. The van der Waals surface area contributed by atoms with E-state index < -0.39 is 0 Å². The second-order valence-electron chi connectivity index (χ2n) is 5.18. The molecule has 2 aromatic rings. The van der Waals surface area contributed by atoms with Crippen molar-refractivity contribution in [2.45, 2.75) is 32.2 Å². The molecule has 0 radical (unpaired) electrons. The summed E-state index contributed by atoms with van der Waals surface area (Å²) in [6.45, 7) is 1.11. The summed E-state index contributed by atoms with van der Waals surface area (Å²) in [5, 5.41) is 2.81. The molecule has 0 unspecified atom stereocenters. The smallest absolute Gasteiger partial charge is 0.250 e. The minimum atomic E-state index is -0.146. The van der Waals surface area contributed by atoms with Crippen LogP contribution in [0.5, 0.6) is 0 Å². The number of benzene rings is 1. The number of imidazole rings is 1. The number of methoxy groups -OCH3 is 1. The Labute approximate surface area is 117 Å². The normalized spacial score (nSPS) is 14.8. The highest BCUT2D eigenvalue weighted by Crippen LogP contribution is 2.24. The number of aryl methyl sites for hydroxylation is 2. The molecule has 5 heteroatoms. The van der Waals surface area contributed by atoms with Crippen LogP contribution in [0.2, 0.25) is 0 Å². The van der Waals surface area contributed by atoms with E-state index in [0.29, 0.717) is 0 Å². The molecule has 1 aromatic heterocycles. The summed E-state index contributed by atoms with van der Waals surface area (Å²) in [5.41, 5.74) is 2.89.